The van der Waals surface area contributed by atoms with Gasteiger partial charge in [-0.15, -0.1) is 0 Å². The second-order valence-corrected chi connectivity index (χ2v) is 6.26. The normalized spacial score (nSPS) is 10.9. The molecule has 0 amide bonds. The van der Waals surface area contributed by atoms with Crippen LogP contribution in [0.25, 0.3) is 16.8 Å². The number of benzene rings is 2. The third-order valence-electron chi connectivity index (χ3n) is 3.63. The van der Waals surface area contributed by atoms with Crippen molar-refractivity contribution in [2.24, 2.45) is 0 Å². The molecule has 3 aromatic rings. The average molecular weight is 341 g/mol. The molecule has 21 heavy (non-hydrogen) atoms. The molecule has 0 fully saturated rings. The van der Waals surface area contributed by atoms with Gasteiger partial charge in [0.25, 0.3) is 0 Å². The fourth-order valence-electron chi connectivity index (χ4n) is 2.81. The summed E-state index contributed by atoms with van der Waals surface area (Å²) in [4.78, 5) is 0. The molecular formula is C18H17BrN2. The maximum atomic E-state index is 4.55. The molecule has 0 aliphatic rings. The van der Waals surface area contributed by atoms with Crippen LogP contribution in [-0.2, 0) is 0 Å². The molecule has 0 aliphatic carbocycles. The van der Waals surface area contributed by atoms with Gasteiger partial charge < -0.3 is 0 Å². The van der Waals surface area contributed by atoms with Crippen molar-refractivity contribution in [3.8, 4) is 16.8 Å². The van der Waals surface area contributed by atoms with Gasteiger partial charge in [-0.2, -0.15) is 5.10 Å². The largest absolute Gasteiger partial charge is 0.240 e. The van der Waals surface area contributed by atoms with Crippen molar-refractivity contribution < 1.29 is 0 Å². The minimum atomic E-state index is 1.09. The molecule has 1 heterocycles. The molecule has 0 N–H and O–H groups in total. The van der Waals surface area contributed by atoms with Gasteiger partial charge in [0, 0.05) is 16.2 Å². The number of rotatable bonds is 2. The number of aromatic nitrogens is 2. The highest BCUT2D eigenvalue weighted by Crippen LogP contribution is 2.29. The highest BCUT2D eigenvalue weighted by molar-refractivity contribution is 9.10. The lowest BCUT2D eigenvalue weighted by atomic mass is 10.1. The van der Waals surface area contributed by atoms with E-state index in [0.717, 1.165) is 15.6 Å². The third kappa shape index (κ3) is 2.66. The van der Waals surface area contributed by atoms with Crippen molar-refractivity contribution in [3.63, 3.8) is 0 Å². The van der Waals surface area contributed by atoms with Crippen LogP contribution in [0.5, 0.6) is 0 Å². The summed E-state index contributed by atoms with van der Waals surface area (Å²) in [6.07, 6.45) is 4.00. The molecule has 0 atom stereocenters. The van der Waals surface area contributed by atoms with E-state index in [0.29, 0.717) is 0 Å². The molecular weight excluding hydrogens is 324 g/mol. The van der Waals surface area contributed by atoms with Gasteiger partial charge >= 0.3 is 0 Å². The monoisotopic (exact) mass is 340 g/mol. The van der Waals surface area contributed by atoms with E-state index in [4.69, 9.17) is 0 Å². The Bertz CT molecular complexity index is 779. The molecule has 0 radical (unpaired) electrons. The van der Waals surface area contributed by atoms with Crippen molar-refractivity contribution in [1.29, 1.82) is 0 Å². The minimum Gasteiger partial charge on any atom is -0.240 e. The van der Waals surface area contributed by atoms with E-state index in [1.807, 2.05) is 23.0 Å². The van der Waals surface area contributed by atoms with Crippen LogP contribution in [0.3, 0.4) is 0 Å². The predicted octanol–water partition coefficient (Wildman–Crippen LogP) is 5.23. The van der Waals surface area contributed by atoms with Gasteiger partial charge in [0.05, 0.1) is 11.9 Å². The van der Waals surface area contributed by atoms with Gasteiger partial charge in [-0.3, -0.25) is 0 Å². The van der Waals surface area contributed by atoms with E-state index in [2.05, 4.69) is 72.3 Å². The van der Waals surface area contributed by atoms with Crippen molar-refractivity contribution >= 4 is 15.9 Å². The number of halogens is 1. The Balaban J connectivity index is 2.10. The van der Waals surface area contributed by atoms with Crippen LogP contribution < -0.4 is 0 Å². The van der Waals surface area contributed by atoms with Gasteiger partial charge in [0.1, 0.15) is 0 Å². The predicted molar refractivity (Wildman–Crippen MR) is 90.9 cm³/mol. The molecule has 106 valence electrons. The van der Waals surface area contributed by atoms with E-state index >= 15 is 0 Å². The van der Waals surface area contributed by atoms with E-state index in [-0.39, 0.29) is 0 Å². The summed E-state index contributed by atoms with van der Waals surface area (Å²) in [6.45, 7) is 6.39. The zero-order valence-electron chi connectivity index (χ0n) is 12.4. The summed E-state index contributed by atoms with van der Waals surface area (Å²) in [5.41, 5.74) is 7.21. The molecule has 0 spiro atoms. The SMILES string of the molecule is Cc1cc(C)c(-n2cc(-c3ccccc3Br)cn2)c(C)c1. The van der Waals surface area contributed by atoms with Gasteiger partial charge in [0.2, 0.25) is 0 Å². The van der Waals surface area contributed by atoms with E-state index < -0.39 is 0 Å². The Labute approximate surface area is 133 Å². The van der Waals surface area contributed by atoms with Gasteiger partial charge in [-0.1, -0.05) is 51.8 Å². The van der Waals surface area contributed by atoms with Gasteiger partial charge in [0.15, 0.2) is 0 Å². The van der Waals surface area contributed by atoms with Crippen LogP contribution in [-0.4, -0.2) is 9.78 Å². The molecule has 3 heteroatoms. The summed E-state index contributed by atoms with van der Waals surface area (Å²) < 4.78 is 3.06. The number of nitrogens with zero attached hydrogens (tertiary/aromatic N) is 2. The highest BCUT2D eigenvalue weighted by atomic mass is 79.9. The lowest BCUT2D eigenvalue weighted by Gasteiger charge is -2.11. The Kier molecular flexibility index (Phi) is 3.68. The van der Waals surface area contributed by atoms with E-state index in [1.54, 1.807) is 0 Å². The summed E-state index contributed by atoms with van der Waals surface area (Å²) >= 11 is 3.60. The second-order valence-electron chi connectivity index (χ2n) is 5.40. The molecule has 0 unspecified atom stereocenters. The van der Waals surface area contributed by atoms with E-state index in [9.17, 15) is 0 Å². The van der Waals surface area contributed by atoms with Crippen molar-refractivity contribution in [2.75, 3.05) is 0 Å². The molecule has 0 bridgehead atoms. The molecule has 0 saturated carbocycles. The van der Waals surface area contributed by atoms with Crippen molar-refractivity contribution in [2.45, 2.75) is 20.8 Å². The Hall–Kier alpha value is -1.87. The van der Waals surface area contributed by atoms with E-state index in [1.165, 1.54) is 22.4 Å². The summed E-state index contributed by atoms with van der Waals surface area (Å²) in [6, 6.07) is 12.6. The highest BCUT2D eigenvalue weighted by Gasteiger charge is 2.10. The van der Waals surface area contributed by atoms with Gasteiger partial charge in [-0.25, -0.2) is 4.68 Å². The molecule has 0 aliphatic heterocycles. The Morgan fingerprint density at radius 1 is 1.00 bits per heavy atom. The van der Waals surface area contributed by atoms with Crippen molar-refractivity contribution in [3.05, 3.63) is 70.0 Å². The minimum absolute atomic E-state index is 1.09. The molecule has 3 rings (SSSR count). The second kappa shape index (κ2) is 5.49. The third-order valence-corrected chi connectivity index (χ3v) is 4.32. The Morgan fingerprint density at radius 2 is 1.67 bits per heavy atom. The maximum Gasteiger partial charge on any atom is 0.0704 e. The average Bonchev–Trinajstić information content (AvgIpc) is 2.87. The molecule has 2 nitrogen and oxygen atoms in total. The lowest BCUT2D eigenvalue weighted by molar-refractivity contribution is 0.864. The first-order chi connectivity index (χ1) is 10.1. The Morgan fingerprint density at radius 3 is 2.33 bits per heavy atom. The standard InChI is InChI=1S/C18H17BrN2/c1-12-8-13(2)18(14(3)9-12)21-11-15(10-20-21)16-6-4-5-7-17(16)19/h4-11H,1-3H3. The quantitative estimate of drug-likeness (QED) is 0.624. The molecule has 0 saturated heterocycles. The smallest absolute Gasteiger partial charge is 0.0704 e. The van der Waals surface area contributed by atoms with Crippen LogP contribution in [0.1, 0.15) is 16.7 Å². The first-order valence-corrected chi connectivity index (χ1v) is 7.73. The van der Waals surface area contributed by atoms with Crippen LogP contribution in [0, 0.1) is 20.8 Å². The number of hydrogen-bond donors (Lipinski definition) is 0. The van der Waals surface area contributed by atoms with Crippen molar-refractivity contribution in [1.82, 2.24) is 9.78 Å². The summed E-state index contributed by atoms with van der Waals surface area (Å²) in [5, 5.41) is 4.55. The van der Waals surface area contributed by atoms with Gasteiger partial charge in [-0.05, 0) is 43.5 Å². The van der Waals surface area contributed by atoms with Crippen LogP contribution in [0.2, 0.25) is 0 Å². The zero-order valence-corrected chi connectivity index (χ0v) is 14.0. The maximum absolute atomic E-state index is 4.55. The molecule has 1 aromatic heterocycles. The van der Waals surface area contributed by atoms with Crippen LogP contribution in [0.4, 0.5) is 0 Å². The first kappa shape index (κ1) is 14.1. The van der Waals surface area contributed by atoms with Crippen LogP contribution in [0.15, 0.2) is 53.3 Å². The fraction of sp³-hybridized carbons (Fsp3) is 0.167. The lowest BCUT2D eigenvalue weighted by Crippen LogP contribution is -2.01. The topological polar surface area (TPSA) is 17.8 Å². The zero-order chi connectivity index (χ0) is 15.0. The fourth-order valence-corrected chi connectivity index (χ4v) is 3.33. The first-order valence-electron chi connectivity index (χ1n) is 6.94. The summed E-state index contributed by atoms with van der Waals surface area (Å²) in [7, 11) is 0. The summed E-state index contributed by atoms with van der Waals surface area (Å²) in [5.74, 6) is 0. The number of hydrogen-bond acceptors (Lipinski definition) is 1. The molecule has 2 aromatic carbocycles. The number of aryl methyl sites for hydroxylation is 3. The van der Waals surface area contributed by atoms with Crippen LogP contribution >= 0.6 is 15.9 Å².